The molecule has 0 spiro atoms. The second-order valence-corrected chi connectivity index (χ2v) is 6.39. The van der Waals surface area contributed by atoms with Crippen LogP contribution in [0.4, 0.5) is 5.69 Å². The van der Waals surface area contributed by atoms with Gasteiger partial charge in [0.1, 0.15) is 0 Å². The van der Waals surface area contributed by atoms with Crippen LogP contribution in [0.5, 0.6) is 0 Å². The second-order valence-electron chi connectivity index (χ2n) is 4.19. The van der Waals surface area contributed by atoms with Gasteiger partial charge in [-0.05, 0) is 32.4 Å². The third-order valence-electron chi connectivity index (χ3n) is 2.04. The van der Waals surface area contributed by atoms with Crippen LogP contribution in [0.15, 0.2) is 12.3 Å². The van der Waals surface area contributed by atoms with Gasteiger partial charge in [0.05, 0.1) is 24.2 Å². The van der Waals surface area contributed by atoms with Crippen molar-refractivity contribution in [3.05, 3.63) is 23.0 Å². The van der Waals surface area contributed by atoms with Crippen LogP contribution in [0.2, 0.25) is 5.15 Å². The number of hydrogen-bond acceptors (Lipinski definition) is 4. The van der Waals surface area contributed by atoms with Crippen molar-refractivity contribution in [3.8, 4) is 0 Å². The lowest BCUT2D eigenvalue weighted by atomic mass is 10.3. The first kappa shape index (κ1) is 15.2. The Kier molecular flexibility index (Phi) is 5.37. The number of rotatable bonds is 6. The third-order valence-corrected chi connectivity index (χ3v) is 3.58. The monoisotopic (exact) mass is 292 g/mol. The quantitative estimate of drug-likeness (QED) is 0.816. The molecule has 1 heterocycles. The minimum Gasteiger partial charge on any atom is -0.378 e. The summed E-state index contributed by atoms with van der Waals surface area (Å²) in [6.45, 7) is 5.65. The molecule has 0 radical (unpaired) electrons. The summed E-state index contributed by atoms with van der Waals surface area (Å²) in [5, 5.41) is 0.133. The minimum absolute atomic E-state index is 0.00410. The van der Waals surface area contributed by atoms with Crippen LogP contribution in [0.25, 0.3) is 0 Å². The number of nitrogens with zero attached hydrogens (tertiary/aromatic N) is 1. The first-order valence-electron chi connectivity index (χ1n) is 5.54. The molecule has 0 unspecified atom stereocenters. The van der Waals surface area contributed by atoms with Gasteiger partial charge >= 0.3 is 0 Å². The molecule has 1 aromatic heterocycles. The van der Waals surface area contributed by atoms with Gasteiger partial charge in [0.2, 0.25) is 10.0 Å². The van der Waals surface area contributed by atoms with Gasteiger partial charge in [-0.25, -0.2) is 13.4 Å². The lowest BCUT2D eigenvalue weighted by molar-refractivity contribution is 0.0913. The van der Waals surface area contributed by atoms with Crippen molar-refractivity contribution in [2.24, 2.45) is 0 Å². The molecule has 5 nitrogen and oxygen atoms in total. The van der Waals surface area contributed by atoms with E-state index in [9.17, 15) is 8.42 Å². The Hall–Kier alpha value is -0.850. The molecule has 0 atom stereocenters. The van der Waals surface area contributed by atoms with E-state index in [4.69, 9.17) is 16.3 Å². The molecule has 0 amide bonds. The highest BCUT2D eigenvalue weighted by Crippen LogP contribution is 2.20. The van der Waals surface area contributed by atoms with Gasteiger partial charge in [0, 0.05) is 6.20 Å². The van der Waals surface area contributed by atoms with Crippen molar-refractivity contribution >= 4 is 27.3 Å². The number of aromatic nitrogens is 1. The number of sulfonamides is 1. The number of nitrogens with one attached hydrogen (secondary N) is 1. The predicted molar refractivity (Wildman–Crippen MR) is 72.5 cm³/mol. The maximum atomic E-state index is 11.8. The lowest BCUT2D eigenvalue weighted by Gasteiger charge is -2.11. The Labute approximate surface area is 113 Å². The van der Waals surface area contributed by atoms with Crippen molar-refractivity contribution in [1.29, 1.82) is 0 Å². The predicted octanol–water partition coefficient (Wildman–Crippen LogP) is 2.21. The van der Waals surface area contributed by atoms with Crippen LogP contribution >= 0.6 is 11.6 Å². The standard InChI is InChI=1S/C11H17ClN2O3S/c1-8(2)17-4-5-18(15,16)14-10-6-9(3)7-13-11(10)12/h6-8,14H,4-5H2,1-3H3. The number of pyridine rings is 1. The molecule has 1 N–H and O–H groups in total. The Morgan fingerprint density at radius 2 is 2.17 bits per heavy atom. The van der Waals surface area contributed by atoms with E-state index in [0.29, 0.717) is 5.69 Å². The average molecular weight is 293 g/mol. The average Bonchev–Trinajstić information content (AvgIpc) is 2.22. The number of aryl methyl sites for hydroxylation is 1. The summed E-state index contributed by atoms with van der Waals surface area (Å²) in [4.78, 5) is 3.88. The summed E-state index contributed by atoms with van der Waals surface area (Å²) in [6, 6.07) is 1.64. The Balaban J connectivity index is 2.67. The van der Waals surface area contributed by atoms with E-state index in [0.717, 1.165) is 5.56 Å². The summed E-state index contributed by atoms with van der Waals surface area (Å²) in [6.07, 6.45) is 1.58. The largest absolute Gasteiger partial charge is 0.378 e. The van der Waals surface area contributed by atoms with Gasteiger partial charge in [-0.15, -0.1) is 0 Å². The van der Waals surface area contributed by atoms with Gasteiger partial charge in [-0.1, -0.05) is 11.6 Å². The van der Waals surface area contributed by atoms with E-state index in [2.05, 4.69) is 9.71 Å². The highest BCUT2D eigenvalue weighted by Gasteiger charge is 2.13. The molecule has 1 rings (SSSR count). The smallest absolute Gasteiger partial charge is 0.235 e. The number of halogens is 1. The van der Waals surface area contributed by atoms with Crippen LogP contribution in [0.3, 0.4) is 0 Å². The van der Waals surface area contributed by atoms with E-state index < -0.39 is 10.0 Å². The van der Waals surface area contributed by atoms with Crippen LogP contribution < -0.4 is 4.72 Å². The van der Waals surface area contributed by atoms with E-state index in [-0.39, 0.29) is 23.6 Å². The third kappa shape index (κ3) is 5.20. The van der Waals surface area contributed by atoms with E-state index in [1.54, 1.807) is 12.3 Å². The molecular weight excluding hydrogens is 276 g/mol. The van der Waals surface area contributed by atoms with Gasteiger partial charge in [-0.2, -0.15) is 0 Å². The van der Waals surface area contributed by atoms with E-state index >= 15 is 0 Å². The molecule has 0 aromatic carbocycles. The molecular formula is C11H17ClN2O3S. The fraction of sp³-hybridized carbons (Fsp3) is 0.545. The van der Waals surface area contributed by atoms with Crippen LogP contribution in [-0.4, -0.2) is 31.9 Å². The summed E-state index contributed by atoms with van der Waals surface area (Å²) < 4.78 is 31.1. The van der Waals surface area contributed by atoms with Gasteiger partial charge in [-0.3, -0.25) is 4.72 Å². The van der Waals surface area contributed by atoms with Gasteiger partial charge < -0.3 is 4.74 Å². The first-order valence-corrected chi connectivity index (χ1v) is 7.57. The molecule has 1 aromatic rings. The summed E-state index contributed by atoms with van der Waals surface area (Å²) in [5.41, 5.74) is 1.12. The van der Waals surface area contributed by atoms with Gasteiger partial charge in [0.15, 0.2) is 5.15 Å². The Morgan fingerprint density at radius 1 is 1.50 bits per heavy atom. The number of hydrogen-bond donors (Lipinski definition) is 1. The van der Waals surface area contributed by atoms with Crippen molar-refractivity contribution in [2.75, 3.05) is 17.1 Å². The molecule has 0 bridgehead atoms. The molecule has 102 valence electrons. The normalized spacial score (nSPS) is 11.8. The zero-order valence-corrected chi connectivity index (χ0v) is 12.2. The van der Waals surface area contributed by atoms with Gasteiger partial charge in [0.25, 0.3) is 0 Å². The van der Waals surface area contributed by atoms with E-state index in [1.807, 2.05) is 20.8 Å². The highest BCUT2D eigenvalue weighted by atomic mass is 35.5. The Bertz CT molecular complexity index is 503. The molecule has 18 heavy (non-hydrogen) atoms. The van der Waals surface area contributed by atoms with Crippen molar-refractivity contribution in [1.82, 2.24) is 4.98 Å². The SMILES string of the molecule is Cc1cnc(Cl)c(NS(=O)(=O)CCOC(C)C)c1. The summed E-state index contributed by atoms with van der Waals surface area (Å²) in [7, 11) is -3.47. The zero-order chi connectivity index (χ0) is 13.8. The molecule has 0 fully saturated rings. The molecule has 7 heteroatoms. The molecule has 0 aliphatic carbocycles. The van der Waals surface area contributed by atoms with Crippen molar-refractivity contribution < 1.29 is 13.2 Å². The van der Waals surface area contributed by atoms with Crippen molar-refractivity contribution in [3.63, 3.8) is 0 Å². The first-order chi connectivity index (χ1) is 8.30. The molecule has 0 aliphatic heterocycles. The minimum atomic E-state index is -3.47. The maximum absolute atomic E-state index is 11.8. The molecule has 0 saturated carbocycles. The fourth-order valence-electron chi connectivity index (χ4n) is 1.24. The summed E-state index contributed by atoms with van der Waals surface area (Å²) >= 11 is 5.82. The number of ether oxygens (including phenoxy) is 1. The lowest BCUT2D eigenvalue weighted by Crippen LogP contribution is -2.21. The zero-order valence-electron chi connectivity index (χ0n) is 10.6. The van der Waals surface area contributed by atoms with E-state index in [1.165, 1.54) is 0 Å². The topological polar surface area (TPSA) is 68.3 Å². The Morgan fingerprint density at radius 3 is 2.78 bits per heavy atom. The second kappa shape index (κ2) is 6.36. The van der Waals surface area contributed by atoms with Crippen LogP contribution in [-0.2, 0) is 14.8 Å². The summed E-state index contributed by atoms with van der Waals surface area (Å²) in [5.74, 6) is -0.116. The van der Waals surface area contributed by atoms with Crippen LogP contribution in [0.1, 0.15) is 19.4 Å². The molecule has 0 saturated heterocycles. The van der Waals surface area contributed by atoms with Crippen LogP contribution in [0, 0.1) is 6.92 Å². The maximum Gasteiger partial charge on any atom is 0.235 e. The fourth-order valence-corrected chi connectivity index (χ4v) is 2.35. The number of anilines is 1. The molecule has 0 aliphatic rings. The van der Waals surface area contributed by atoms with Crippen molar-refractivity contribution in [2.45, 2.75) is 26.9 Å². The highest BCUT2D eigenvalue weighted by molar-refractivity contribution is 7.92.